The molecule has 0 aliphatic heterocycles. The molecular weight excluding hydrogens is 242 g/mol. The molecular formula is C15H19NO3. The van der Waals surface area contributed by atoms with Crippen LogP contribution in [0.2, 0.25) is 0 Å². The molecule has 1 N–H and O–H groups in total. The van der Waals surface area contributed by atoms with Crippen LogP contribution in [-0.4, -0.2) is 15.6 Å². The van der Waals surface area contributed by atoms with Gasteiger partial charge >= 0.3 is 5.97 Å². The molecule has 0 spiro atoms. The van der Waals surface area contributed by atoms with Crippen molar-refractivity contribution in [1.29, 1.82) is 0 Å². The Hall–Kier alpha value is -1.97. The molecule has 0 fully saturated rings. The minimum absolute atomic E-state index is 0.248. The first-order chi connectivity index (χ1) is 9.00. The first-order valence-electron chi connectivity index (χ1n) is 6.44. The molecule has 0 aliphatic carbocycles. The van der Waals surface area contributed by atoms with Crippen molar-refractivity contribution in [1.82, 2.24) is 4.57 Å². The fraction of sp³-hybridized carbons (Fsp3) is 0.400. The van der Waals surface area contributed by atoms with Crippen molar-refractivity contribution in [2.45, 2.75) is 39.7 Å². The highest BCUT2D eigenvalue weighted by molar-refractivity contribution is 5.89. The topological polar surface area (TPSA) is 55.4 Å². The van der Waals surface area contributed by atoms with Gasteiger partial charge in [-0.2, -0.15) is 0 Å². The molecule has 0 saturated carbocycles. The number of carboxylic acids is 1. The van der Waals surface area contributed by atoms with Crippen LogP contribution in [0.4, 0.5) is 0 Å². The molecule has 2 aromatic rings. The van der Waals surface area contributed by atoms with Crippen LogP contribution in [0.3, 0.4) is 0 Å². The van der Waals surface area contributed by atoms with Crippen LogP contribution in [-0.2, 0) is 6.42 Å². The lowest BCUT2D eigenvalue weighted by atomic mass is 10.1. The van der Waals surface area contributed by atoms with Gasteiger partial charge in [-0.05, 0) is 45.4 Å². The van der Waals surface area contributed by atoms with E-state index in [1.807, 2.05) is 26.0 Å². The summed E-state index contributed by atoms with van der Waals surface area (Å²) in [7, 11) is 0. The molecule has 2 rings (SSSR count). The Labute approximate surface area is 112 Å². The van der Waals surface area contributed by atoms with E-state index in [9.17, 15) is 4.79 Å². The standard InChI is InChI=1S/C15H19NO3/c1-10(6-7-13-5-4-8-19-13)16-11(2)9-14(12(16)3)15(17)18/h4-5,8-10H,6-7H2,1-3H3,(H,17,18). The summed E-state index contributed by atoms with van der Waals surface area (Å²) in [4.78, 5) is 11.1. The Balaban J connectivity index is 2.14. The lowest BCUT2D eigenvalue weighted by Crippen LogP contribution is -2.10. The zero-order chi connectivity index (χ0) is 14.0. The van der Waals surface area contributed by atoms with Gasteiger partial charge in [0, 0.05) is 23.9 Å². The Morgan fingerprint density at radius 1 is 1.47 bits per heavy atom. The van der Waals surface area contributed by atoms with Gasteiger partial charge in [0.15, 0.2) is 0 Å². The van der Waals surface area contributed by atoms with Crippen molar-refractivity contribution in [3.8, 4) is 0 Å². The van der Waals surface area contributed by atoms with Gasteiger partial charge in [-0.1, -0.05) is 0 Å². The number of carboxylic acid groups (broad SMARTS) is 1. The van der Waals surface area contributed by atoms with E-state index in [1.165, 1.54) is 0 Å². The monoisotopic (exact) mass is 261 g/mol. The number of hydrogen-bond acceptors (Lipinski definition) is 2. The number of rotatable bonds is 5. The first kappa shape index (κ1) is 13.5. The van der Waals surface area contributed by atoms with E-state index < -0.39 is 5.97 Å². The van der Waals surface area contributed by atoms with Gasteiger partial charge in [0.25, 0.3) is 0 Å². The average Bonchev–Trinajstić information content (AvgIpc) is 2.94. The predicted octanol–water partition coefficient (Wildman–Crippen LogP) is 3.59. The Morgan fingerprint density at radius 3 is 2.74 bits per heavy atom. The van der Waals surface area contributed by atoms with Crippen LogP contribution in [0.15, 0.2) is 28.9 Å². The summed E-state index contributed by atoms with van der Waals surface area (Å²) in [6.45, 7) is 5.91. The molecule has 0 radical (unpaired) electrons. The minimum Gasteiger partial charge on any atom is -0.478 e. The molecule has 1 atom stereocenters. The highest BCUT2D eigenvalue weighted by atomic mass is 16.4. The normalized spacial score (nSPS) is 12.6. The van der Waals surface area contributed by atoms with Crippen LogP contribution >= 0.6 is 0 Å². The van der Waals surface area contributed by atoms with Gasteiger partial charge in [0.2, 0.25) is 0 Å². The van der Waals surface area contributed by atoms with E-state index in [2.05, 4.69) is 11.5 Å². The van der Waals surface area contributed by atoms with E-state index in [0.29, 0.717) is 5.56 Å². The van der Waals surface area contributed by atoms with Crippen molar-refractivity contribution in [2.75, 3.05) is 0 Å². The molecule has 0 bridgehead atoms. The van der Waals surface area contributed by atoms with Crippen molar-refractivity contribution in [3.05, 3.63) is 47.2 Å². The zero-order valence-electron chi connectivity index (χ0n) is 11.5. The van der Waals surface area contributed by atoms with Gasteiger partial charge in [-0.15, -0.1) is 0 Å². The third-order valence-electron chi connectivity index (χ3n) is 3.54. The second kappa shape index (κ2) is 5.34. The molecule has 2 aromatic heterocycles. The number of carbonyl (C=O) groups is 1. The van der Waals surface area contributed by atoms with Crippen molar-refractivity contribution < 1.29 is 14.3 Å². The smallest absolute Gasteiger partial charge is 0.337 e. The second-order valence-electron chi connectivity index (χ2n) is 4.93. The Bertz CT molecular complexity index is 566. The van der Waals surface area contributed by atoms with Crippen LogP contribution in [0.5, 0.6) is 0 Å². The molecule has 0 saturated heterocycles. The lowest BCUT2D eigenvalue weighted by Gasteiger charge is -2.18. The molecule has 4 nitrogen and oxygen atoms in total. The van der Waals surface area contributed by atoms with Crippen molar-refractivity contribution in [2.24, 2.45) is 0 Å². The third-order valence-corrected chi connectivity index (χ3v) is 3.54. The summed E-state index contributed by atoms with van der Waals surface area (Å²) in [6, 6.07) is 5.83. The Kier molecular flexibility index (Phi) is 3.79. The van der Waals surface area contributed by atoms with E-state index >= 15 is 0 Å². The maximum Gasteiger partial charge on any atom is 0.337 e. The van der Waals surface area contributed by atoms with Gasteiger partial charge in [0.05, 0.1) is 11.8 Å². The van der Waals surface area contributed by atoms with Crippen LogP contribution in [0.1, 0.15) is 46.9 Å². The predicted molar refractivity (Wildman–Crippen MR) is 72.6 cm³/mol. The number of hydrogen-bond donors (Lipinski definition) is 1. The molecule has 0 aromatic carbocycles. The maximum absolute atomic E-state index is 11.1. The molecule has 0 aliphatic rings. The van der Waals surface area contributed by atoms with E-state index in [1.54, 1.807) is 12.3 Å². The van der Waals surface area contributed by atoms with E-state index in [4.69, 9.17) is 9.52 Å². The molecule has 1 unspecified atom stereocenters. The molecule has 19 heavy (non-hydrogen) atoms. The zero-order valence-corrected chi connectivity index (χ0v) is 11.5. The maximum atomic E-state index is 11.1. The minimum atomic E-state index is -0.863. The largest absolute Gasteiger partial charge is 0.478 e. The molecule has 2 heterocycles. The molecule has 102 valence electrons. The van der Waals surface area contributed by atoms with Gasteiger partial charge < -0.3 is 14.1 Å². The quantitative estimate of drug-likeness (QED) is 0.894. The number of aryl methyl sites for hydroxylation is 2. The van der Waals surface area contributed by atoms with Crippen molar-refractivity contribution in [3.63, 3.8) is 0 Å². The summed E-state index contributed by atoms with van der Waals surface area (Å²) in [5.74, 6) is 0.102. The lowest BCUT2D eigenvalue weighted by molar-refractivity contribution is 0.0696. The van der Waals surface area contributed by atoms with Gasteiger partial charge in [0.1, 0.15) is 5.76 Å². The van der Waals surface area contributed by atoms with Crippen LogP contribution in [0.25, 0.3) is 0 Å². The van der Waals surface area contributed by atoms with E-state index in [-0.39, 0.29) is 6.04 Å². The fourth-order valence-electron chi connectivity index (χ4n) is 2.61. The van der Waals surface area contributed by atoms with Gasteiger partial charge in [-0.3, -0.25) is 0 Å². The number of nitrogens with zero attached hydrogens (tertiary/aromatic N) is 1. The fourth-order valence-corrected chi connectivity index (χ4v) is 2.61. The SMILES string of the molecule is Cc1cc(C(=O)O)c(C)n1C(C)CCc1ccco1. The van der Waals surface area contributed by atoms with Crippen LogP contribution < -0.4 is 0 Å². The number of aromatic nitrogens is 1. The summed E-state index contributed by atoms with van der Waals surface area (Å²) in [5.41, 5.74) is 2.20. The number of aromatic carboxylic acids is 1. The number of furan rings is 1. The summed E-state index contributed by atoms with van der Waals surface area (Å²) in [5, 5.41) is 9.14. The third kappa shape index (κ3) is 2.72. The average molecular weight is 261 g/mol. The summed E-state index contributed by atoms with van der Waals surface area (Å²) in [6.07, 6.45) is 3.45. The summed E-state index contributed by atoms with van der Waals surface area (Å²) < 4.78 is 7.41. The van der Waals surface area contributed by atoms with E-state index in [0.717, 1.165) is 30.0 Å². The van der Waals surface area contributed by atoms with Crippen LogP contribution in [0, 0.1) is 13.8 Å². The van der Waals surface area contributed by atoms with Crippen molar-refractivity contribution >= 4 is 5.97 Å². The molecule has 0 amide bonds. The first-order valence-corrected chi connectivity index (χ1v) is 6.44. The Morgan fingerprint density at radius 2 is 2.21 bits per heavy atom. The van der Waals surface area contributed by atoms with Gasteiger partial charge in [-0.25, -0.2) is 4.79 Å². The second-order valence-corrected chi connectivity index (χ2v) is 4.93. The molecule has 4 heteroatoms. The highest BCUT2D eigenvalue weighted by Crippen LogP contribution is 2.23. The highest BCUT2D eigenvalue weighted by Gasteiger charge is 2.18. The summed E-state index contributed by atoms with van der Waals surface area (Å²) >= 11 is 0.